The fourth-order valence-electron chi connectivity index (χ4n) is 4.03. The highest BCUT2D eigenvalue weighted by molar-refractivity contribution is 5.99. The summed E-state index contributed by atoms with van der Waals surface area (Å²) in [7, 11) is 1.56. The van der Waals surface area contributed by atoms with Crippen LogP contribution in [0.4, 0.5) is 10.5 Å². The zero-order valence-electron chi connectivity index (χ0n) is 24.0. The topological polar surface area (TPSA) is 117 Å². The molecule has 0 aliphatic carbocycles. The molecule has 2 aromatic rings. The molecule has 2 atom stereocenters. The van der Waals surface area contributed by atoms with Gasteiger partial charge in [0.25, 0.3) is 5.91 Å². The summed E-state index contributed by atoms with van der Waals surface area (Å²) in [5, 5.41) is 15.5. The van der Waals surface area contributed by atoms with E-state index in [1.807, 2.05) is 38.1 Å². The Kier molecular flexibility index (Phi) is 12.3. The summed E-state index contributed by atoms with van der Waals surface area (Å²) in [6.07, 6.45) is 2.40. The summed E-state index contributed by atoms with van der Waals surface area (Å²) in [6.45, 7) is 8.82. The van der Waals surface area contributed by atoms with E-state index >= 15 is 0 Å². The van der Waals surface area contributed by atoms with Gasteiger partial charge in [-0.3, -0.25) is 9.59 Å². The SMILES string of the molecule is CCCCCN(C(=O)C(CO)NC(=O)OC(C)(C)C)C(C(=O)Nc1ccc(OC)cc1)c1ccc(CC)cc1. The number of methoxy groups -OCH3 is 1. The number of rotatable bonds is 13. The van der Waals surface area contributed by atoms with E-state index in [2.05, 4.69) is 10.6 Å². The minimum atomic E-state index is -1.28. The van der Waals surface area contributed by atoms with Crippen LogP contribution in [0.3, 0.4) is 0 Å². The van der Waals surface area contributed by atoms with Crippen molar-refractivity contribution < 1.29 is 29.0 Å². The number of amides is 3. The van der Waals surface area contributed by atoms with Crippen molar-refractivity contribution in [1.82, 2.24) is 10.2 Å². The van der Waals surface area contributed by atoms with Gasteiger partial charge in [0.2, 0.25) is 5.91 Å². The summed E-state index contributed by atoms with van der Waals surface area (Å²) in [6, 6.07) is 12.2. The van der Waals surface area contributed by atoms with E-state index in [9.17, 15) is 19.5 Å². The molecular formula is C30H43N3O6. The minimum absolute atomic E-state index is 0.259. The number of carbonyl (C=O) groups excluding carboxylic acids is 3. The van der Waals surface area contributed by atoms with Crippen molar-refractivity contribution in [2.75, 3.05) is 25.6 Å². The number of alkyl carbamates (subject to hydrolysis) is 1. The third kappa shape index (κ3) is 9.90. The van der Waals surface area contributed by atoms with Gasteiger partial charge in [0.05, 0.1) is 13.7 Å². The highest BCUT2D eigenvalue weighted by Gasteiger charge is 2.36. The number of aliphatic hydroxyl groups is 1. The second-order valence-electron chi connectivity index (χ2n) is 10.3. The first-order valence-corrected chi connectivity index (χ1v) is 13.5. The Bertz CT molecular complexity index is 1060. The van der Waals surface area contributed by atoms with Gasteiger partial charge in [-0.2, -0.15) is 0 Å². The van der Waals surface area contributed by atoms with Gasteiger partial charge < -0.3 is 30.1 Å². The Morgan fingerprint density at radius 3 is 2.13 bits per heavy atom. The predicted molar refractivity (Wildman–Crippen MR) is 152 cm³/mol. The highest BCUT2D eigenvalue weighted by atomic mass is 16.6. The number of ether oxygens (including phenoxy) is 2. The first-order valence-electron chi connectivity index (χ1n) is 13.5. The van der Waals surface area contributed by atoms with Crippen molar-refractivity contribution in [2.24, 2.45) is 0 Å². The third-order valence-electron chi connectivity index (χ3n) is 6.08. The van der Waals surface area contributed by atoms with Crippen molar-refractivity contribution in [3.05, 3.63) is 59.7 Å². The number of hydrogen-bond donors (Lipinski definition) is 3. The molecule has 0 aliphatic heterocycles. The monoisotopic (exact) mass is 541 g/mol. The number of hydrogen-bond acceptors (Lipinski definition) is 6. The van der Waals surface area contributed by atoms with Crippen LogP contribution in [0.5, 0.6) is 5.75 Å². The van der Waals surface area contributed by atoms with E-state index < -0.39 is 42.2 Å². The maximum atomic E-state index is 13.8. The molecule has 0 radical (unpaired) electrons. The molecule has 0 saturated carbocycles. The Hall–Kier alpha value is -3.59. The fourth-order valence-corrected chi connectivity index (χ4v) is 4.03. The molecule has 2 unspecified atom stereocenters. The molecule has 9 heteroatoms. The lowest BCUT2D eigenvalue weighted by Crippen LogP contribution is -2.54. The van der Waals surface area contributed by atoms with Gasteiger partial charge in [0, 0.05) is 12.2 Å². The van der Waals surface area contributed by atoms with Gasteiger partial charge in [-0.1, -0.05) is 51.0 Å². The second-order valence-corrected chi connectivity index (χ2v) is 10.3. The first kappa shape index (κ1) is 31.6. The highest BCUT2D eigenvalue weighted by Crippen LogP contribution is 2.26. The lowest BCUT2D eigenvalue weighted by atomic mass is 10.00. The third-order valence-corrected chi connectivity index (χ3v) is 6.08. The maximum Gasteiger partial charge on any atom is 0.408 e. The molecule has 0 saturated heterocycles. The zero-order chi connectivity index (χ0) is 29.0. The van der Waals surface area contributed by atoms with E-state index in [1.165, 1.54) is 4.90 Å². The molecule has 3 N–H and O–H groups in total. The van der Waals surface area contributed by atoms with Crippen LogP contribution in [0, 0.1) is 0 Å². The van der Waals surface area contributed by atoms with Crippen LogP contribution in [0.25, 0.3) is 0 Å². The summed E-state index contributed by atoms with van der Waals surface area (Å²) in [4.78, 5) is 41.5. The van der Waals surface area contributed by atoms with Crippen LogP contribution >= 0.6 is 0 Å². The molecule has 0 fully saturated rings. The van der Waals surface area contributed by atoms with Gasteiger partial charge in [-0.25, -0.2) is 4.79 Å². The number of benzene rings is 2. The summed E-state index contributed by atoms with van der Waals surface area (Å²) in [5.41, 5.74) is 1.48. The van der Waals surface area contributed by atoms with Crippen molar-refractivity contribution >= 4 is 23.6 Å². The van der Waals surface area contributed by atoms with E-state index in [0.717, 1.165) is 24.8 Å². The lowest BCUT2D eigenvalue weighted by Gasteiger charge is -2.34. The van der Waals surface area contributed by atoms with Crippen LogP contribution in [-0.2, 0) is 20.7 Å². The van der Waals surface area contributed by atoms with Crippen molar-refractivity contribution in [1.29, 1.82) is 0 Å². The van der Waals surface area contributed by atoms with E-state index in [-0.39, 0.29) is 6.54 Å². The van der Waals surface area contributed by atoms with Crippen LogP contribution < -0.4 is 15.4 Å². The largest absolute Gasteiger partial charge is 0.497 e. The molecule has 3 amide bonds. The molecule has 0 aromatic heterocycles. The minimum Gasteiger partial charge on any atom is -0.497 e. The number of nitrogens with one attached hydrogen (secondary N) is 2. The van der Waals surface area contributed by atoms with Crippen LogP contribution in [0.2, 0.25) is 0 Å². The van der Waals surface area contributed by atoms with Crippen LogP contribution in [-0.4, -0.2) is 59.8 Å². The van der Waals surface area contributed by atoms with Crippen LogP contribution in [0.15, 0.2) is 48.5 Å². The number of anilines is 1. The Morgan fingerprint density at radius 2 is 1.62 bits per heavy atom. The van der Waals surface area contributed by atoms with Crippen LogP contribution in [0.1, 0.15) is 71.0 Å². The van der Waals surface area contributed by atoms with E-state index in [4.69, 9.17) is 9.47 Å². The van der Waals surface area contributed by atoms with Crippen molar-refractivity contribution in [2.45, 2.75) is 78.0 Å². The molecule has 39 heavy (non-hydrogen) atoms. The molecule has 2 rings (SSSR count). The molecule has 9 nitrogen and oxygen atoms in total. The van der Waals surface area contributed by atoms with Gasteiger partial charge >= 0.3 is 6.09 Å². The molecule has 0 heterocycles. The van der Waals surface area contributed by atoms with Gasteiger partial charge in [0.15, 0.2) is 0 Å². The average molecular weight is 542 g/mol. The Morgan fingerprint density at radius 1 is 0.974 bits per heavy atom. The average Bonchev–Trinajstić information content (AvgIpc) is 2.90. The Labute approximate surface area is 231 Å². The van der Waals surface area contributed by atoms with E-state index in [0.29, 0.717) is 23.4 Å². The quantitative estimate of drug-likeness (QED) is 0.312. The predicted octanol–water partition coefficient (Wildman–Crippen LogP) is 4.84. The molecule has 0 aliphatic rings. The molecule has 0 spiro atoms. The molecular weight excluding hydrogens is 498 g/mol. The van der Waals surface area contributed by atoms with Crippen molar-refractivity contribution in [3.63, 3.8) is 0 Å². The number of aliphatic hydroxyl groups excluding tert-OH is 1. The van der Waals surface area contributed by atoms with Gasteiger partial charge in [-0.15, -0.1) is 0 Å². The second kappa shape index (κ2) is 15.1. The maximum absolute atomic E-state index is 13.8. The lowest BCUT2D eigenvalue weighted by molar-refractivity contribution is -0.141. The summed E-state index contributed by atoms with van der Waals surface area (Å²) < 4.78 is 10.5. The number of unbranched alkanes of at least 4 members (excludes halogenated alkanes) is 2. The smallest absolute Gasteiger partial charge is 0.408 e. The Balaban J connectivity index is 2.47. The number of carbonyl (C=O) groups is 3. The summed E-state index contributed by atoms with van der Waals surface area (Å²) >= 11 is 0. The number of nitrogens with zero attached hydrogens (tertiary/aromatic N) is 1. The standard InChI is InChI=1S/C30H43N3O6/c1-7-9-10-19-33(28(36)25(20-34)32-29(37)39-30(3,4)5)26(22-13-11-21(8-2)12-14-22)27(35)31-23-15-17-24(38-6)18-16-23/h11-18,25-26,34H,7-10,19-20H2,1-6H3,(H,31,35)(H,32,37). The van der Waals surface area contributed by atoms with Crippen molar-refractivity contribution in [3.8, 4) is 5.75 Å². The summed E-state index contributed by atoms with van der Waals surface area (Å²) in [5.74, 6) is -0.341. The first-order chi connectivity index (χ1) is 18.5. The molecule has 214 valence electrons. The van der Waals surface area contributed by atoms with Gasteiger partial charge in [0.1, 0.15) is 23.4 Å². The van der Waals surface area contributed by atoms with E-state index in [1.54, 1.807) is 52.1 Å². The zero-order valence-corrected chi connectivity index (χ0v) is 24.0. The van der Waals surface area contributed by atoms with Gasteiger partial charge in [-0.05, 0) is 69.0 Å². The molecule has 2 aromatic carbocycles. The fraction of sp³-hybridized carbons (Fsp3) is 0.500. The number of aryl methyl sites for hydroxylation is 1. The molecule has 0 bridgehead atoms. The normalized spacial score (nSPS) is 12.7.